The van der Waals surface area contributed by atoms with E-state index in [0.717, 1.165) is 26.2 Å². The topological polar surface area (TPSA) is 73.1 Å². The predicted molar refractivity (Wildman–Crippen MR) is 79.7 cm³/mol. The van der Waals surface area contributed by atoms with E-state index in [1.165, 1.54) is 11.0 Å². The minimum atomic E-state index is 0.0122. The van der Waals surface area contributed by atoms with Crippen LogP contribution in [-0.4, -0.2) is 56.9 Å². The standard InChI is InChI=1S/C15H19N5O2/c1-2-19(8-12-4-6-22-9-12)15(21)13-3-5-17-14(7-13)20-11-16-10-18-20/h3,5,7,10-12H,2,4,6,8-9H2,1H3. The molecule has 1 aliphatic heterocycles. The number of ether oxygens (including phenoxy) is 1. The van der Waals surface area contributed by atoms with Gasteiger partial charge in [0, 0.05) is 37.4 Å². The van der Waals surface area contributed by atoms with Crippen LogP contribution in [0.15, 0.2) is 31.0 Å². The van der Waals surface area contributed by atoms with Crippen LogP contribution in [0.4, 0.5) is 0 Å². The van der Waals surface area contributed by atoms with Gasteiger partial charge in [0.2, 0.25) is 0 Å². The van der Waals surface area contributed by atoms with Gasteiger partial charge in [-0.2, -0.15) is 5.10 Å². The Balaban J connectivity index is 1.76. The molecule has 2 aromatic rings. The second kappa shape index (κ2) is 6.65. The highest BCUT2D eigenvalue weighted by Gasteiger charge is 2.22. The summed E-state index contributed by atoms with van der Waals surface area (Å²) in [5.41, 5.74) is 0.612. The lowest BCUT2D eigenvalue weighted by molar-refractivity contribution is 0.0730. The maximum atomic E-state index is 12.7. The zero-order valence-electron chi connectivity index (χ0n) is 12.6. The summed E-state index contributed by atoms with van der Waals surface area (Å²) >= 11 is 0. The van der Waals surface area contributed by atoms with E-state index in [1.807, 2.05) is 11.8 Å². The summed E-state index contributed by atoms with van der Waals surface area (Å²) in [6, 6.07) is 3.47. The van der Waals surface area contributed by atoms with Crippen molar-refractivity contribution in [2.75, 3.05) is 26.3 Å². The van der Waals surface area contributed by atoms with Gasteiger partial charge in [0.25, 0.3) is 5.91 Å². The summed E-state index contributed by atoms with van der Waals surface area (Å²) in [4.78, 5) is 22.7. The maximum absolute atomic E-state index is 12.7. The Kier molecular flexibility index (Phi) is 4.43. The van der Waals surface area contributed by atoms with Crippen molar-refractivity contribution < 1.29 is 9.53 Å². The fraction of sp³-hybridized carbons (Fsp3) is 0.467. The van der Waals surface area contributed by atoms with E-state index in [2.05, 4.69) is 15.1 Å². The first-order chi connectivity index (χ1) is 10.8. The number of hydrogen-bond donors (Lipinski definition) is 0. The van der Waals surface area contributed by atoms with E-state index in [4.69, 9.17) is 4.74 Å². The number of amides is 1. The number of nitrogens with zero attached hydrogens (tertiary/aromatic N) is 5. The molecule has 0 aliphatic carbocycles. The van der Waals surface area contributed by atoms with Gasteiger partial charge in [-0.1, -0.05) is 0 Å². The van der Waals surface area contributed by atoms with Crippen molar-refractivity contribution in [2.24, 2.45) is 5.92 Å². The molecule has 116 valence electrons. The zero-order chi connectivity index (χ0) is 15.4. The van der Waals surface area contributed by atoms with Crippen LogP contribution in [-0.2, 0) is 4.74 Å². The van der Waals surface area contributed by atoms with Crippen LogP contribution in [0.2, 0.25) is 0 Å². The van der Waals surface area contributed by atoms with Crippen molar-refractivity contribution in [1.82, 2.24) is 24.6 Å². The predicted octanol–water partition coefficient (Wildman–Crippen LogP) is 1.16. The van der Waals surface area contributed by atoms with Gasteiger partial charge in [-0.25, -0.2) is 14.6 Å². The van der Waals surface area contributed by atoms with E-state index < -0.39 is 0 Å². The van der Waals surface area contributed by atoms with Crippen molar-refractivity contribution >= 4 is 5.91 Å². The van der Waals surface area contributed by atoms with Crippen molar-refractivity contribution in [3.63, 3.8) is 0 Å². The highest BCUT2D eigenvalue weighted by Crippen LogP contribution is 2.16. The van der Waals surface area contributed by atoms with Crippen LogP contribution in [0.25, 0.3) is 5.82 Å². The zero-order valence-corrected chi connectivity index (χ0v) is 12.6. The van der Waals surface area contributed by atoms with Crippen molar-refractivity contribution in [1.29, 1.82) is 0 Å². The van der Waals surface area contributed by atoms with E-state index in [1.54, 1.807) is 24.7 Å². The van der Waals surface area contributed by atoms with Gasteiger partial charge < -0.3 is 9.64 Å². The molecule has 0 spiro atoms. The van der Waals surface area contributed by atoms with Gasteiger partial charge in [0.15, 0.2) is 5.82 Å². The van der Waals surface area contributed by atoms with Crippen LogP contribution in [0.5, 0.6) is 0 Å². The fourth-order valence-electron chi connectivity index (χ4n) is 2.58. The van der Waals surface area contributed by atoms with Crippen molar-refractivity contribution in [3.8, 4) is 5.82 Å². The number of aromatic nitrogens is 4. The Hall–Kier alpha value is -2.28. The summed E-state index contributed by atoms with van der Waals surface area (Å²) in [5, 5.41) is 4.04. The second-order valence-electron chi connectivity index (χ2n) is 5.32. The van der Waals surface area contributed by atoms with Crippen LogP contribution >= 0.6 is 0 Å². The molecule has 3 rings (SSSR count). The average molecular weight is 301 g/mol. The summed E-state index contributed by atoms with van der Waals surface area (Å²) in [5.74, 6) is 1.03. The molecular formula is C15H19N5O2. The molecule has 3 heterocycles. The lowest BCUT2D eigenvalue weighted by Crippen LogP contribution is -2.35. The third kappa shape index (κ3) is 3.14. The molecule has 1 aliphatic rings. The monoisotopic (exact) mass is 301 g/mol. The van der Waals surface area contributed by atoms with Crippen LogP contribution in [0.3, 0.4) is 0 Å². The summed E-state index contributed by atoms with van der Waals surface area (Å²) in [7, 11) is 0. The molecule has 1 amide bonds. The van der Waals surface area contributed by atoms with E-state index in [9.17, 15) is 4.79 Å². The summed E-state index contributed by atoms with van der Waals surface area (Å²) in [6.07, 6.45) is 5.64. The smallest absolute Gasteiger partial charge is 0.254 e. The van der Waals surface area contributed by atoms with E-state index >= 15 is 0 Å². The van der Waals surface area contributed by atoms with Crippen LogP contribution in [0, 0.1) is 5.92 Å². The van der Waals surface area contributed by atoms with Gasteiger partial charge in [-0.3, -0.25) is 4.79 Å². The minimum Gasteiger partial charge on any atom is -0.381 e. The molecule has 0 saturated carbocycles. The number of pyridine rings is 1. The number of carbonyl (C=O) groups excluding carboxylic acids is 1. The minimum absolute atomic E-state index is 0.0122. The number of rotatable bonds is 5. The molecule has 7 heteroatoms. The lowest BCUT2D eigenvalue weighted by atomic mass is 10.1. The van der Waals surface area contributed by atoms with Crippen LogP contribution in [0.1, 0.15) is 23.7 Å². The molecule has 1 atom stereocenters. The molecule has 0 radical (unpaired) electrons. The highest BCUT2D eigenvalue weighted by molar-refractivity contribution is 5.94. The molecular weight excluding hydrogens is 282 g/mol. The second-order valence-corrected chi connectivity index (χ2v) is 5.32. The average Bonchev–Trinajstić information content (AvgIpc) is 3.25. The van der Waals surface area contributed by atoms with Gasteiger partial charge in [-0.05, 0) is 25.5 Å². The lowest BCUT2D eigenvalue weighted by Gasteiger charge is -2.23. The van der Waals surface area contributed by atoms with E-state index in [-0.39, 0.29) is 5.91 Å². The molecule has 1 saturated heterocycles. The molecule has 0 aromatic carbocycles. The molecule has 1 unspecified atom stereocenters. The first kappa shape index (κ1) is 14.6. The Morgan fingerprint density at radius 3 is 3.14 bits per heavy atom. The fourth-order valence-corrected chi connectivity index (χ4v) is 2.58. The van der Waals surface area contributed by atoms with Gasteiger partial charge in [-0.15, -0.1) is 0 Å². The molecule has 22 heavy (non-hydrogen) atoms. The van der Waals surface area contributed by atoms with Gasteiger partial charge >= 0.3 is 0 Å². The van der Waals surface area contributed by atoms with E-state index in [0.29, 0.717) is 23.8 Å². The highest BCUT2D eigenvalue weighted by atomic mass is 16.5. The number of hydrogen-bond acceptors (Lipinski definition) is 5. The van der Waals surface area contributed by atoms with Crippen molar-refractivity contribution in [3.05, 3.63) is 36.5 Å². The van der Waals surface area contributed by atoms with Gasteiger partial charge in [0.1, 0.15) is 12.7 Å². The normalized spacial score (nSPS) is 17.6. The Labute approximate surface area is 128 Å². The van der Waals surface area contributed by atoms with Gasteiger partial charge in [0.05, 0.1) is 6.61 Å². The van der Waals surface area contributed by atoms with Crippen LogP contribution < -0.4 is 0 Å². The third-order valence-corrected chi connectivity index (χ3v) is 3.82. The molecule has 7 nitrogen and oxygen atoms in total. The first-order valence-corrected chi connectivity index (χ1v) is 7.46. The Morgan fingerprint density at radius 2 is 2.45 bits per heavy atom. The molecule has 0 N–H and O–H groups in total. The Bertz CT molecular complexity index is 623. The maximum Gasteiger partial charge on any atom is 0.254 e. The largest absolute Gasteiger partial charge is 0.381 e. The quantitative estimate of drug-likeness (QED) is 0.828. The third-order valence-electron chi connectivity index (χ3n) is 3.82. The number of carbonyl (C=O) groups is 1. The SMILES string of the molecule is CCN(CC1CCOC1)C(=O)c1ccnc(-n2cncn2)c1. The van der Waals surface area contributed by atoms with Crippen molar-refractivity contribution in [2.45, 2.75) is 13.3 Å². The summed E-state index contributed by atoms with van der Waals surface area (Å²) in [6.45, 7) is 4.94. The summed E-state index contributed by atoms with van der Waals surface area (Å²) < 4.78 is 6.93. The first-order valence-electron chi connectivity index (χ1n) is 7.46. The molecule has 2 aromatic heterocycles. The molecule has 0 bridgehead atoms. The molecule has 1 fully saturated rings. The Morgan fingerprint density at radius 1 is 1.55 bits per heavy atom.